The lowest BCUT2D eigenvalue weighted by Gasteiger charge is -2.09. The summed E-state index contributed by atoms with van der Waals surface area (Å²) in [6.07, 6.45) is -2.79. The van der Waals surface area contributed by atoms with Crippen LogP contribution in [0.15, 0.2) is 12.4 Å². The van der Waals surface area contributed by atoms with Gasteiger partial charge < -0.3 is 10.1 Å². The largest absolute Gasteiger partial charge is 0.419 e. The van der Waals surface area contributed by atoms with E-state index in [9.17, 15) is 13.2 Å². The van der Waals surface area contributed by atoms with Gasteiger partial charge in [0.2, 0.25) is 5.95 Å². The van der Waals surface area contributed by atoms with E-state index in [0.29, 0.717) is 13.2 Å². The average molecular weight is 249 g/mol. The van der Waals surface area contributed by atoms with Crippen LogP contribution in [0.25, 0.3) is 0 Å². The molecule has 0 aliphatic rings. The molecule has 0 fully saturated rings. The topological polar surface area (TPSA) is 47.0 Å². The van der Waals surface area contributed by atoms with E-state index >= 15 is 0 Å². The summed E-state index contributed by atoms with van der Waals surface area (Å²) in [5.74, 6) is 0.158. The molecule has 0 aliphatic heterocycles. The van der Waals surface area contributed by atoms with Gasteiger partial charge in [-0.1, -0.05) is 0 Å². The van der Waals surface area contributed by atoms with Gasteiger partial charge in [0.05, 0.1) is 18.3 Å². The van der Waals surface area contributed by atoms with Gasteiger partial charge in [-0.25, -0.2) is 9.97 Å². The number of hydrogen-bond donors (Lipinski definition) is 1. The van der Waals surface area contributed by atoms with Gasteiger partial charge >= 0.3 is 6.18 Å². The normalized spacial score (nSPS) is 11.9. The molecule has 0 radical (unpaired) electrons. The molecule has 0 bridgehead atoms. The highest BCUT2D eigenvalue weighted by atomic mass is 19.4. The number of nitrogens with zero attached hydrogens (tertiary/aromatic N) is 2. The maximum absolute atomic E-state index is 12.2. The van der Waals surface area contributed by atoms with Gasteiger partial charge in [0.15, 0.2) is 0 Å². The molecule has 17 heavy (non-hydrogen) atoms. The van der Waals surface area contributed by atoms with Gasteiger partial charge in [-0.2, -0.15) is 13.2 Å². The van der Waals surface area contributed by atoms with Crippen molar-refractivity contribution in [1.29, 1.82) is 0 Å². The van der Waals surface area contributed by atoms with Crippen molar-refractivity contribution >= 4 is 5.95 Å². The van der Waals surface area contributed by atoms with E-state index in [1.165, 1.54) is 0 Å². The van der Waals surface area contributed by atoms with Crippen molar-refractivity contribution in [2.75, 3.05) is 18.5 Å². The third kappa shape index (κ3) is 4.99. The van der Waals surface area contributed by atoms with Crippen LogP contribution in [-0.4, -0.2) is 29.2 Å². The molecule has 0 aliphatic carbocycles. The van der Waals surface area contributed by atoms with Crippen LogP contribution in [0, 0.1) is 0 Å². The molecule has 0 aromatic carbocycles. The van der Waals surface area contributed by atoms with Crippen molar-refractivity contribution in [3.05, 3.63) is 18.0 Å². The molecule has 0 spiro atoms. The van der Waals surface area contributed by atoms with E-state index in [2.05, 4.69) is 15.3 Å². The van der Waals surface area contributed by atoms with E-state index in [0.717, 1.165) is 12.4 Å². The molecule has 7 heteroatoms. The number of halogens is 3. The highest BCUT2D eigenvalue weighted by Gasteiger charge is 2.31. The quantitative estimate of drug-likeness (QED) is 0.813. The molecule has 4 nitrogen and oxygen atoms in total. The molecule has 1 aromatic heterocycles. The van der Waals surface area contributed by atoms with E-state index in [-0.39, 0.29) is 12.1 Å². The SMILES string of the molecule is CC(C)OCCNc1ncc(C(F)(F)F)cn1. The first-order valence-electron chi connectivity index (χ1n) is 5.14. The van der Waals surface area contributed by atoms with Crippen molar-refractivity contribution in [2.24, 2.45) is 0 Å². The van der Waals surface area contributed by atoms with E-state index in [1.807, 2.05) is 13.8 Å². The molecular weight excluding hydrogens is 235 g/mol. The highest BCUT2D eigenvalue weighted by Crippen LogP contribution is 2.27. The lowest BCUT2D eigenvalue weighted by atomic mass is 10.3. The average Bonchev–Trinajstić information content (AvgIpc) is 2.23. The minimum absolute atomic E-state index is 0.116. The van der Waals surface area contributed by atoms with Gasteiger partial charge in [0.25, 0.3) is 0 Å². The second-order valence-electron chi connectivity index (χ2n) is 3.64. The van der Waals surface area contributed by atoms with Gasteiger partial charge in [-0.3, -0.25) is 0 Å². The Morgan fingerprint density at radius 2 is 1.88 bits per heavy atom. The summed E-state index contributed by atoms with van der Waals surface area (Å²) in [5.41, 5.74) is -0.860. The molecule has 0 atom stereocenters. The van der Waals surface area contributed by atoms with E-state index in [1.54, 1.807) is 0 Å². The van der Waals surface area contributed by atoms with Crippen LogP contribution in [0.4, 0.5) is 19.1 Å². The van der Waals surface area contributed by atoms with Gasteiger partial charge in [-0.15, -0.1) is 0 Å². The third-order valence-corrected chi connectivity index (χ3v) is 1.82. The molecule has 1 N–H and O–H groups in total. The van der Waals surface area contributed by atoms with Crippen LogP contribution < -0.4 is 5.32 Å². The Morgan fingerprint density at radius 1 is 1.29 bits per heavy atom. The highest BCUT2D eigenvalue weighted by molar-refractivity contribution is 5.25. The van der Waals surface area contributed by atoms with Crippen LogP contribution in [0.1, 0.15) is 19.4 Å². The zero-order chi connectivity index (χ0) is 12.9. The molecule has 1 aromatic rings. The fourth-order valence-electron chi connectivity index (χ4n) is 1.02. The predicted molar refractivity (Wildman–Crippen MR) is 56.6 cm³/mol. The first kappa shape index (κ1) is 13.7. The molecule has 1 rings (SSSR count). The van der Waals surface area contributed by atoms with Crippen LogP contribution in [0.5, 0.6) is 0 Å². The Hall–Kier alpha value is -1.37. The monoisotopic (exact) mass is 249 g/mol. The predicted octanol–water partition coefficient (Wildman–Crippen LogP) is 2.33. The lowest BCUT2D eigenvalue weighted by molar-refractivity contribution is -0.138. The summed E-state index contributed by atoms with van der Waals surface area (Å²) in [6, 6.07) is 0. The summed E-state index contributed by atoms with van der Waals surface area (Å²) in [6.45, 7) is 4.69. The molecule has 0 saturated heterocycles. The lowest BCUT2D eigenvalue weighted by Crippen LogP contribution is -2.15. The number of anilines is 1. The second kappa shape index (κ2) is 5.81. The van der Waals surface area contributed by atoms with Crippen molar-refractivity contribution in [2.45, 2.75) is 26.1 Å². The molecule has 0 saturated carbocycles. The molecule has 1 heterocycles. The first-order chi connectivity index (χ1) is 7.89. The van der Waals surface area contributed by atoms with Crippen LogP contribution in [-0.2, 0) is 10.9 Å². The van der Waals surface area contributed by atoms with Crippen molar-refractivity contribution in [3.63, 3.8) is 0 Å². The number of alkyl halides is 3. The minimum Gasteiger partial charge on any atom is -0.377 e. The third-order valence-electron chi connectivity index (χ3n) is 1.82. The smallest absolute Gasteiger partial charge is 0.377 e. The molecular formula is C10H14F3N3O. The maximum atomic E-state index is 12.2. The van der Waals surface area contributed by atoms with Crippen molar-refractivity contribution in [3.8, 4) is 0 Å². The second-order valence-corrected chi connectivity index (χ2v) is 3.64. The maximum Gasteiger partial charge on any atom is 0.419 e. The summed E-state index contributed by atoms with van der Waals surface area (Å²) >= 11 is 0. The van der Waals surface area contributed by atoms with Crippen LogP contribution >= 0.6 is 0 Å². The van der Waals surface area contributed by atoms with E-state index in [4.69, 9.17) is 4.74 Å². The standard InChI is InChI=1S/C10H14F3N3O/c1-7(2)17-4-3-14-9-15-5-8(6-16-9)10(11,12)13/h5-7H,3-4H2,1-2H3,(H,14,15,16). The Kier molecular flexibility index (Phi) is 4.68. The number of nitrogens with one attached hydrogen (secondary N) is 1. The number of aromatic nitrogens is 2. The summed E-state index contributed by atoms with van der Waals surface area (Å²) < 4.78 is 41.8. The van der Waals surface area contributed by atoms with Gasteiger partial charge in [0.1, 0.15) is 0 Å². The van der Waals surface area contributed by atoms with Crippen molar-refractivity contribution < 1.29 is 17.9 Å². The Morgan fingerprint density at radius 3 is 2.35 bits per heavy atom. The first-order valence-corrected chi connectivity index (χ1v) is 5.14. The zero-order valence-corrected chi connectivity index (χ0v) is 9.58. The van der Waals surface area contributed by atoms with Crippen molar-refractivity contribution in [1.82, 2.24) is 9.97 Å². The summed E-state index contributed by atoms with van der Waals surface area (Å²) in [4.78, 5) is 7.13. The van der Waals surface area contributed by atoms with Gasteiger partial charge in [0, 0.05) is 18.9 Å². The number of ether oxygens (including phenoxy) is 1. The number of hydrogen-bond acceptors (Lipinski definition) is 4. The fourth-order valence-corrected chi connectivity index (χ4v) is 1.02. The minimum atomic E-state index is -4.40. The van der Waals surface area contributed by atoms with Crippen LogP contribution in [0.2, 0.25) is 0 Å². The Labute approximate surface area is 97.2 Å². The van der Waals surface area contributed by atoms with E-state index < -0.39 is 11.7 Å². The molecule has 96 valence electrons. The summed E-state index contributed by atoms with van der Waals surface area (Å²) in [7, 11) is 0. The zero-order valence-electron chi connectivity index (χ0n) is 9.58. The summed E-state index contributed by atoms with van der Waals surface area (Å²) in [5, 5.41) is 2.76. The number of rotatable bonds is 5. The Bertz CT molecular complexity index is 338. The Balaban J connectivity index is 2.41. The fraction of sp³-hybridized carbons (Fsp3) is 0.600. The molecule has 0 amide bonds. The van der Waals surface area contributed by atoms with Gasteiger partial charge in [-0.05, 0) is 13.8 Å². The van der Waals surface area contributed by atoms with Crippen LogP contribution in [0.3, 0.4) is 0 Å². The molecule has 0 unspecified atom stereocenters.